The van der Waals surface area contributed by atoms with Gasteiger partial charge in [-0.15, -0.1) is 0 Å². The molecule has 0 bridgehead atoms. The highest BCUT2D eigenvalue weighted by Crippen LogP contribution is 2.28. The fourth-order valence-corrected chi connectivity index (χ4v) is 2.16. The van der Waals surface area contributed by atoms with Crippen LogP contribution < -0.4 is 0 Å². The maximum absolute atomic E-state index is 11.5. The molecule has 0 fully saturated rings. The summed E-state index contributed by atoms with van der Waals surface area (Å²) < 4.78 is 15.3. The standard InChI is InChI=1S/C17H22O5/c1-13(18)22-17(2,15(20-3)12-16(19)21-4)11-10-14-8-6-5-7-9-14/h5-9,12H,10-11H2,1-4H3/b15-12+. The lowest BCUT2D eigenvalue weighted by atomic mass is 9.94. The van der Waals surface area contributed by atoms with E-state index in [1.807, 2.05) is 30.3 Å². The SMILES string of the molecule is COC(=O)/C=C(/OC)C(C)(CCc1ccccc1)OC(C)=O. The Morgan fingerprint density at radius 1 is 1.14 bits per heavy atom. The van der Waals surface area contributed by atoms with Crippen molar-refractivity contribution in [3.8, 4) is 0 Å². The Morgan fingerprint density at radius 2 is 1.77 bits per heavy atom. The van der Waals surface area contributed by atoms with Gasteiger partial charge < -0.3 is 14.2 Å². The third-order valence-electron chi connectivity index (χ3n) is 3.29. The third-order valence-corrected chi connectivity index (χ3v) is 3.29. The Kier molecular flexibility index (Phi) is 6.63. The predicted octanol–water partition coefficient (Wildman–Crippen LogP) is 2.64. The molecular formula is C17H22O5. The van der Waals surface area contributed by atoms with E-state index < -0.39 is 17.5 Å². The summed E-state index contributed by atoms with van der Waals surface area (Å²) in [7, 11) is 2.71. The number of hydrogen-bond donors (Lipinski definition) is 0. The van der Waals surface area contributed by atoms with E-state index in [-0.39, 0.29) is 5.76 Å². The first-order valence-corrected chi connectivity index (χ1v) is 6.99. The Morgan fingerprint density at radius 3 is 2.27 bits per heavy atom. The summed E-state index contributed by atoms with van der Waals surface area (Å²) in [5.41, 5.74) is 0.0688. The highest BCUT2D eigenvalue weighted by molar-refractivity contribution is 5.82. The molecule has 1 unspecified atom stereocenters. The minimum absolute atomic E-state index is 0.255. The van der Waals surface area contributed by atoms with Gasteiger partial charge in [0.25, 0.3) is 0 Å². The van der Waals surface area contributed by atoms with Crippen molar-refractivity contribution in [3.05, 3.63) is 47.7 Å². The molecule has 5 heteroatoms. The van der Waals surface area contributed by atoms with Crippen molar-refractivity contribution >= 4 is 11.9 Å². The maximum atomic E-state index is 11.5. The van der Waals surface area contributed by atoms with Crippen LogP contribution in [0.2, 0.25) is 0 Å². The fraction of sp³-hybridized carbons (Fsp3) is 0.412. The number of carbonyl (C=O) groups excluding carboxylic acids is 2. The molecule has 0 amide bonds. The molecule has 0 N–H and O–H groups in total. The molecule has 0 saturated heterocycles. The van der Waals surface area contributed by atoms with Crippen molar-refractivity contribution < 1.29 is 23.8 Å². The molecule has 22 heavy (non-hydrogen) atoms. The van der Waals surface area contributed by atoms with Crippen LogP contribution in [-0.2, 0) is 30.2 Å². The monoisotopic (exact) mass is 306 g/mol. The lowest BCUT2D eigenvalue weighted by molar-refractivity contribution is -0.156. The first-order chi connectivity index (χ1) is 10.4. The first kappa shape index (κ1) is 17.8. The molecule has 1 atom stereocenters. The first-order valence-electron chi connectivity index (χ1n) is 6.99. The molecule has 120 valence electrons. The van der Waals surface area contributed by atoms with E-state index in [0.717, 1.165) is 5.56 Å². The van der Waals surface area contributed by atoms with Crippen molar-refractivity contribution in [2.75, 3.05) is 14.2 Å². The average Bonchev–Trinajstić information content (AvgIpc) is 2.50. The number of methoxy groups -OCH3 is 2. The highest BCUT2D eigenvalue weighted by atomic mass is 16.6. The molecule has 0 aromatic heterocycles. The molecule has 0 saturated carbocycles. The van der Waals surface area contributed by atoms with Crippen molar-refractivity contribution in [3.63, 3.8) is 0 Å². The van der Waals surface area contributed by atoms with E-state index in [4.69, 9.17) is 9.47 Å². The van der Waals surface area contributed by atoms with Crippen molar-refractivity contribution in [2.45, 2.75) is 32.3 Å². The Balaban J connectivity index is 2.99. The molecule has 0 heterocycles. The lowest BCUT2D eigenvalue weighted by Crippen LogP contribution is -2.35. The van der Waals surface area contributed by atoms with Crippen LogP contribution in [0.4, 0.5) is 0 Å². The number of ether oxygens (including phenoxy) is 3. The normalized spacial score (nSPS) is 13.9. The van der Waals surface area contributed by atoms with Crippen LogP contribution in [0.25, 0.3) is 0 Å². The third kappa shape index (κ3) is 5.24. The number of carbonyl (C=O) groups is 2. The van der Waals surface area contributed by atoms with E-state index in [0.29, 0.717) is 12.8 Å². The molecule has 0 aliphatic carbocycles. The molecule has 1 aromatic rings. The van der Waals surface area contributed by atoms with Gasteiger partial charge in [-0.05, 0) is 25.3 Å². The van der Waals surface area contributed by atoms with Crippen LogP contribution in [0, 0.1) is 0 Å². The molecule has 5 nitrogen and oxygen atoms in total. The highest BCUT2D eigenvalue weighted by Gasteiger charge is 2.34. The van der Waals surface area contributed by atoms with Crippen molar-refractivity contribution in [2.24, 2.45) is 0 Å². The van der Waals surface area contributed by atoms with Crippen LogP contribution in [-0.4, -0.2) is 31.8 Å². The Hall–Kier alpha value is -2.30. The van der Waals surface area contributed by atoms with E-state index in [2.05, 4.69) is 4.74 Å². The second-order valence-corrected chi connectivity index (χ2v) is 5.05. The van der Waals surface area contributed by atoms with Gasteiger partial charge in [0.2, 0.25) is 0 Å². The number of benzene rings is 1. The smallest absolute Gasteiger partial charge is 0.334 e. The zero-order valence-corrected chi connectivity index (χ0v) is 13.4. The summed E-state index contributed by atoms with van der Waals surface area (Å²) in [6.07, 6.45) is 2.35. The van der Waals surface area contributed by atoms with Gasteiger partial charge in [0.15, 0.2) is 5.60 Å². The number of esters is 2. The van der Waals surface area contributed by atoms with Gasteiger partial charge in [0.05, 0.1) is 20.3 Å². The Bertz CT molecular complexity index is 535. The topological polar surface area (TPSA) is 61.8 Å². The van der Waals surface area contributed by atoms with Crippen LogP contribution in [0.1, 0.15) is 25.8 Å². The second-order valence-electron chi connectivity index (χ2n) is 5.05. The van der Waals surface area contributed by atoms with Crippen molar-refractivity contribution in [1.29, 1.82) is 0 Å². The van der Waals surface area contributed by atoms with Crippen LogP contribution in [0.15, 0.2) is 42.2 Å². The molecular weight excluding hydrogens is 284 g/mol. The van der Waals surface area contributed by atoms with E-state index in [9.17, 15) is 9.59 Å². The summed E-state index contributed by atoms with van der Waals surface area (Å²) in [5.74, 6) is -0.746. The van der Waals surface area contributed by atoms with E-state index in [1.54, 1.807) is 6.92 Å². The maximum Gasteiger partial charge on any atom is 0.334 e. The van der Waals surface area contributed by atoms with Crippen LogP contribution >= 0.6 is 0 Å². The van der Waals surface area contributed by atoms with Gasteiger partial charge in [-0.25, -0.2) is 4.79 Å². The van der Waals surface area contributed by atoms with Crippen LogP contribution in [0.3, 0.4) is 0 Å². The predicted molar refractivity (Wildman–Crippen MR) is 82.0 cm³/mol. The number of hydrogen-bond acceptors (Lipinski definition) is 5. The quantitative estimate of drug-likeness (QED) is 0.440. The van der Waals surface area contributed by atoms with Crippen molar-refractivity contribution in [1.82, 2.24) is 0 Å². The van der Waals surface area contributed by atoms with Gasteiger partial charge in [-0.1, -0.05) is 30.3 Å². The summed E-state index contributed by atoms with van der Waals surface area (Å²) in [6.45, 7) is 3.04. The van der Waals surface area contributed by atoms with Gasteiger partial charge in [0, 0.05) is 6.92 Å². The van der Waals surface area contributed by atoms with Gasteiger partial charge in [-0.3, -0.25) is 4.79 Å². The fourth-order valence-electron chi connectivity index (χ4n) is 2.16. The average molecular weight is 306 g/mol. The minimum Gasteiger partial charge on any atom is -0.497 e. The molecule has 1 aromatic carbocycles. The largest absolute Gasteiger partial charge is 0.497 e. The van der Waals surface area contributed by atoms with Crippen LogP contribution in [0.5, 0.6) is 0 Å². The summed E-state index contributed by atoms with van der Waals surface area (Å²) in [5, 5.41) is 0. The second kappa shape index (κ2) is 8.22. The molecule has 0 spiro atoms. The molecule has 0 radical (unpaired) electrons. The van der Waals surface area contributed by atoms with Gasteiger partial charge >= 0.3 is 11.9 Å². The molecule has 1 rings (SSSR count). The summed E-state index contributed by atoms with van der Waals surface area (Å²) in [4.78, 5) is 22.9. The summed E-state index contributed by atoms with van der Waals surface area (Å²) in [6, 6.07) is 9.81. The summed E-state index contributed by atoms with van der Waals surface area (Å²) >= 11 is 0. The van der Waals surface area contributed by atoms with E-state index >= 15 is 0 Å². The molecule has 0 aliphatic heterocycles. The minimum atomic E-state index is -1.04. The number of aryl methyl sites for hydroxylation is 1. The molecule has 0 aliphatic rings. The lowest BCUT2D eigenvalue weighted by Gasteiger charge is -2.30. The zero-order chi connectivity index (χ0) is 16.6. The zero-order valence-electron chi connectivity index (χ0n) is 13.4. The van der Waals surface area contributed by atoms with E-state index in [1.165, 1.54) is 27.2 Å². The van der Waals surface area contributed by atoms with Gasteiger partial charge in [-0.2, -0.15) is 0 Å². The van der Waals surface area contributed by atoms with Gasteiger partial charge in [0.1, 0.15) is 5.76 Å². The Labute approximate surface area is 130 Å². The number of rotatable bonds is 7.